The Labute approximate surface area is 205 Å². The van der Waals surface area contributed by atoms with Gasteiger partial charge in [-0.15, -0.1) is 5.92 Å². The minimum Gasteiger partial charge on any atom is -0.397 e. The summed E-state index contributed by atoms with van der Waals surface area (Å²) in [5.41, 5.74) is 14.6. The number of nitrogen functional groups attached to an aromatic ring is 1. The highest BCUT2D eigenvalue weighted by atomic mass is 16.2. The predicted octanol–water partition coefficient (Wildman–Crippen LogP) is -0.526. The van der Waals surface area contributed by atoms with E-state index < -0.39 is 0 Å². The molecule has 2 atom stereocenters. The Morgan fingerprint density at radius 1 is 1.17 bits per heavy atom. The smallest absolute Gasteiger partial charge is 0.291 e. The quantitative estimate of drug-likeness (QED) is 0.223. The van der Waals surface area contributed by atoms with Crippen LogP contribution in [-0.2, 0) is 13.6 Å². The van der Waals surface area contributed by atoms with Crippen LogP contribution in [0.1, 0.15) is 25.3 Å². The van der Waals surface area contributed by atoms with Crippen molar-refractivity contribution in [2.24, 2.45) is 18.6 Å². The highest BCUT2D eigenvalue weighted by molar-refractivity contribution is 5.76. The molecule has 0 aliphatic carbocycles. The lowest BCUT2D eigenvalue weighted by molar-refractivity contribution is 0.150. The molecule has 6 N–H and O–H groups in total. The van der Waals surface area contributed by atoms with E-state index >= 15 is 0 Å². The van der Waals surface area contributed by atoms with E-state index in [2.05, 4.69) is 16.7 Å². The molecule has 1 aromatic heterocycles. The van der Waals surface area contributed by atoms with Crippen molar-refractivity contribution >= 4 is 22.7 Å². The van der Waals surface area contributed by atoms with Crippen LogP contribution in [0, 0.1) is 11.8 Å². The van der Waals surface area contributed by atoms with E-state index in [1.165, 1.54) is 14.4 Å². The van der Waals surface area contributed by atoms with E-state index in [0.29, 0.717) is 35.8 Å². The molecule has 2 aliphatic heterocycles. The number of fused-ring (bicyclic) bond motifs is 1. The van der Waals surface area contributed by atoms with Crippen LogP contribution in [0.15, 0.2) is 27.8 Å². The summed E-state index contributed by atoms with van der Waals surface area (Å²) >= 11 is 0. The summed E-state index contributed by atoms with van der Waals surface area (Å²) in [5, 5.41) is 1.44. The third-order valence-corrected chi connectivity index (χ3v) is 6.83. The lowest BCUT2D eigenvalue weighted by atomic mass is 10.1. The number of rotatable bonds is 5. The second-order valence-corrected chi connectivity index (χ2v) is 9.30. The van der Waals surface area contributed by atoms with Gasteiger partial charge >= 0.3 is 0 Å². The molecule has 0 spiro atoms. The van der Waals surface area contributed by atoms with Gasteiger partial charge in [-0.25, -0.2) is 15.2 Å². The summed E-state index contributed by atoms with van der Waals surface area (Å²) < 4.78 is 2.83. The van der Waals surface area contributed by atoms with Crippen molar-refractivity contribution in [3.8, 4) is 11.8 Å². The van der Waals surface area contributed by atoms with Crippen LogP contribution in [0.4, 0.5) is 22.7 Å². The molecule has 1 fully saturated rings. The van der Waals surface area contributed by atoms with E-state index in [9.17, 15) is 9.59 Å². The molecule has 0 amide bonds. The third-order valence-electron chi connectivity index (χ3n) is 6.83. The summed E-state index contributed by atoms with van der Waals surface area (Å²) in [6, 6.07) is 5.48. The van der Waals surface area contributed by atoms with Crippen molar-refractivity contribution in [3.63, 3.8) is 0 Å². The van der Waals surface area contributed by atoms with Crippen LogP contribution in [0.3, 0.4) is 0 Å². The van der Waals surface area contributed by atoms with Gasteiger partial charge in [0.05, 0.1) is 24.5 Å². The number of aromatic nitrogens is 2. The SMILES string of the molecule is CC#CCN1c2c(c(=O)n(C)n(Cc3ccc(N(C)N)c(N)c3)c2=O)N(C)C1N1CCCC(N)C1. The number of benzene rings is 1. The van der Waals surface area contributed by atoms with Gasteiger partial charge in [0, 0.05) is 40.3 Å². The molecular weight excluding hydrogens is 446 g/mol. The van der Waals surface area contributed by atoms with Gasteiger partial charge in [0.25, 0.3) is 11.1 Å². The van der Waals surface area contributed by atoms with Crippen LogP contribution >= 0.6 is 0 Å². The second-order valence-electron chi connectivity index (χ2n) is 9.30. The first-order valence-electron chi connectivity index (χ1n) is 11.7. The van der Waals surface area contributed by atoms with Gasteiger partial charge in [0.2, 0.25) is 0 Å². The summed E-state index contributed by atoms with van der Waals surface area (Å²) in [5.74, 6) is 11.8. The molecule has 1 saturated heterocycles. The molecule has 0 radical (unpaired) electrons. The van der Waals surface area contributed by atoms with Gasteiger partial charge in [0.1, 0.15) is 11.4 Å². The molecule has 11 nitrogen and oxygen atoms in total. The van der Waals surface area contributed by atoms with Gasteiger partial charge in [-0.05, 0) is 37.5 Å². The van der Waals surface area contributed by atoms with Crippen LogP contribution < -0.4 is 43.2 Å². The zero-order valence-electron chi connectivity index (χ0n) is 20.9. The van der Waals surface area contributed by atoms with Crippen molar-refractivity contribution in [2.75, 3.05) is 54.3 Å². The average molecular weight is 482 g/mol. The maximum atomic E-state index is 13.9. The molecule has 35 heavy (non-hydrogen) atoms. The van der Waals surface area contributed by atoms with Crippen LogP contribution in [0.2, 0.25) is 0 Å². The predicted molar refractivity (Wildman–Crippen MR) is 140 cm³/mol. The second kappa shape index (κ2) is 9.65. The summed E-state index contributed by atoms with van der Waals surface area (Å²) in [6.45, 7) is 3.81. The number of likely N-dealkylation sites (tertiary alicyclic amines) is 1. The first-order valence-corrected chi connectivity index (χ1v) is 11.7. The summed E-state index contributed by atoms with van der Waals surface area (Å²) in [7, 11) is 5.18. The summed E-state index contributed by atoms with van der Waals surface area (Å²) in [4.78, 5) is 33.5. The first-order chi connectivity index (χ1) is 16.6. The fourth-order valence-electron chi connectivity index (χ4n) is 5.13. The Morgan fingerprint density at radius 2 is 1.91 bits per heavy atom. The van der Waals surface area contributed by atoms with Crippen LogP contribution in [0.25, 0.3) is 0 Å². The molecule has 4 rings (SSSR count). The number of nitrogens with two attached hydrogens (primary N) is 3. The van der Waals surface area contributed by atoms with Gasteiger partial charge in [-0.2, -0.15) is 0 Å². The molecule has 2 aromatic rings. The van der Waals surface area contributed by atoms with Gasteiger partial charge < -0.3 is 26.3 Å². The van der Waals surface area contributed by atoms with Crippen LogP contribution in [-0.4, -0.2) is 60.3 Å². The minimum absolute atomic E-state index is 0.0560. The van der Waals surface area contributed by atoms with Gasteiger partial charge in [0.15, 0.2) is 6.29 Å². The lowest BCUT2D eigenvalue weighted by Gasteiger charge is -2.42. The highest BCUT2D eigenvalue weighted by Gasteiger charge is 2.43. The Hall–Kier alpha value is -3.46. The summed E-state index contributed by atoms with van der Waals surface area (Å²) in [6.07, 6.45) is 1.63. The Kier molecular flexibility index (Phi) is 6.80. The van der Waals surface area contributed by atoms with Crippen molar-refractivity contribution in [1.29, 1.82) is 0 Å². The zero-order valence-corrected chi connectivity index (χ0v) is 20.9. The fourth-order valence-corrected chi connectivity index (χ4v) is 5.13. The van der Waals surface area contributed by atoms with Crippen molar-refractivity contribution < 1.29 is 0 Å². The molecule has 3 heterocycles. The topological polar surface area (TPSA) is 135 Å². The number of hydrogen-bond acceptors (Lipinski definition) is 9. The Bertz CT molecular complexity index is 1290. The van der Waals surface area contributed by atoms with E-state index in [1.54, 1.807) is 33.2 Å². The normalized spacial score (nSPS) is 19.9. The molecular formula is C24H35N9O2. The van der Waals surface area contributed by atoms with E-state index in [1.807, 2.05) is 22.9 Å². The molecule has 0 bridgehead atoms. The number of nitrogens with zero attached hydrogens (tertiary/aromatic N) is 6. The molecule has 1 aromatic carbocycles. The van der Waals surface area contributed by atoms with Crippen molar-refractivity contribution in [3.05, 3.63) is 44.5 Å². The maximum absolute atomic E-state index is 13.9. The lowest BCUT2D eigenvalue weighted by Crippen LogP contribution is -2.59. The number of hydrazine groups is 1. The van der Waals surface area contributed by atoms with Gasteiger partial charge in [-0.1, -0.05) is 12.0 Å². The fraction of sp³-hybridized carbons (Fsp3) is 0.500. The standard InChI is InChI=1S/C24H35N9O2/c1-5-6-12-32-21-20(28(2)24(32)31-11-7-8-17(25)15-31)22(34)30(4)33(23(21)35)14-16-9-10-19(29(3)27)18(26)13-16/h9-10,13,17,24H,7-8,11-12,14-15,25-27H2,1-4H3. The molecule has 188 valence electrons. The van der Waals surface area contributed by atoms with E-state index in [0.717, 1.165) is 24.9 Å². The Balaban J connectivity index is 1.81. The Morgan fingerprint density at radius 3 is 2.54 bits per heavy atom. The largest absolute Gasteiger partial charge is 0.397 e. The highest BCUT2D eigenvalue weighted by Crippen LogP contribution is 2.35. The number of hydrogen-bond donors (Lipinski definition) is 3. The molecule has 11 heteroatoms. The first kappa shape index (κ1) is 24.7. The zero-order chi connectivity index (χ0) is 25.4. The van der Waals surface area contributed by atoms with Crippen molar-refractivity contribution in [1.82, 2.24) is 14.3 Å². The van der Waals surface area contributed by atoms with E-state index in [4.69, 9.17) is 17.3 Å². The van der Waals surface area contributed by atoms with E-state index in [-0.39, 0.29) is 30.0 Å². The number of piperidine rings is 1. The number of anilines is 4. The molecule has 0 saturated carbocycles. The average Bonchev–Trinajstić information content (AvgIpc) is 3.11. The minimum atomic E-state index is -0.302. The maximum Gasteiger partial charge on any atom is 0.291 e. The van der Waals surface area contributed by atoms with Crippen LogP contribution in [0.5, 0.6) is 0 Å². The van der Waals surface area contributed by atoms with Gasteiger partial charge in [-0.3, -0.25) is 14.5 Å². The third kappa shape index (κ3) is 4.36. The molecule has 2 unspecified atom stereocenters. The van der Waals surface area contributed by atoms with Crippen molar-refractivity contribution in [2.45, 2.75) is 38.6 Å². The monoisotopic (exact) mass is 481 g/mol. The molecule has 2 aliphatic rings.